The summed E-state index contributed by atoms with van der Waals surface area (Å²) in [6.45, 7) is 5.48. The van der Waals surface area contributed by atoms with Gasteiger partial charge in [0.25, 0.3) is 0 Å². The number of carbonyl (C=O) groups is 2. The van der Waals surface area contributed by atoms with E-state index in [0.29, 0.717) is 26.1 Å². The standard InChI is InChI=1S/C25H29N3O2/c1-2-15-27-16-17-28(24(29)20-7-3-4-8-20)23(25(27)30)18-21-9-5-6-10-22(21)19-11-13-26-14-12-19/h2,5-6,9-14,20,23H,1,3-4,7-8,15-18H2. The molecule has 2 aliphatic rings. The maximum absolute atomic E-state index is 13.4. The van der Waals surface area contributed by atoms with Gasteiger partial charge in [0.2, 0.25) is 11.8 Å². The maximum Gasteiger partial charge on any atom is 0.246 e. The predicted molar refractivity (Wildman–Crippen MR) is 118 cm³/mol. The van der Waals surface area contributed by atoms with Crippen LogP contribution in [0.3, 0.4) is 0 Å². The van der Waals surface area contributed by atoms with Gasteiger partial charge in [-0.2, -0.15) is 0 Å². The Morgan fingerprint density at radius 2 is 1.83 bits per heavy atom. The summed E-state index contributed by atoms with van der Waals surface area (Å²) in [7, 11) is 0. The fraction of sp³-hybridized carbons (Fsp3) is 0.400. The number of amides is 2. The molecule has 0 bridgehead atoms. The number of hydrogen-bond acceptors (Lipinski definition) is 3. The largest absolute Gasteiger partial charge is 0.335 e. The van der Waals surface area contributed by atoms with Gasteiger partial charge in [-0.15, -0.1) is 6.58 Å². The zero-order chi connectivity index (χ0) is 20.9. The van der Waals surface area contributed by atoms with E-state index in [4.69, 9.17) is 0 Å². The SMILES string of the molecule is C=CCN1CCN(C(=O)C2CCCC2)C(Cc2ccccc2-c2ccncc2)C1=O. The normalized spacial score (nSPS) is 19.9. The molecule has 0 N–H and O–H groups in total. The molecule has 2 amide bonds. The van der Waals surface area contributed by atoms with Crippen molar-refractivity contribution in [1.82, 2.24) is 14.8 Å². The fourth-order valence-electron chi connectivity index (χ4n) is 4.76. The van der Waals surface area contributed by atoms with Crippen LogP contribution in [0.4, 0.5) is 0 Å². The van der Waals surface area contributed by atoms with Crippen molar-refractivity contribution in [3.8, 4) is 11.1 Å². The van der Waals surface area contributed by atoms with E-state index in [1.54, 1.807) is 18.5 Å². The number of hydrogen-bond donors (Lipinski definition) is 0. The molecular formula is C25H29N3O2. The van der Waals surface area contributed by atoms with E-state index in [0.717, 1.165) is 42.4 Å². The number of rotatable bonds is 6. The summed E-state index contributed by atoms with van der Waals surface area (Å²) in [5.74, 6) is 0.254. The van der Waals surface area contributed by atoms with Crippen LogP contribution in [0.25, 0.3) is 11.1 Å². The number of aromatic nitrogens is 1. The van der Waals surface area contributed by atoms with E-state index in [1.807, 2.05) is 34.1 Å². The number of nitrogens with zero attached hydrogens (tertiary/aromatic N) is 3. The summed E-state index contributed by atoms with van der Waals surface area (Å²) in [4.78, 5) is 34.5. The van der Waals surface area contributed by atoms with Crippen LogP contribution in [-0.2, 0) is 16.0 Å². The average molecular weight is 404 g/mol. The fourth-order valence-corrected chi connectivity index (χ4v) is 4.76. The third kappa shape index (κ3) is 4.16. The van der Waals surface area contributed by atoms with Gasteiger partial charge in [0, 0.05) is 44.4 Å². The summed E-state index contributed by atoms with van der Waals surface area (Å²) in [5.41, 5.74) is 3.23. The Kier molecular flexibility index (Phi) is 6.26. The van der Waals surface area contributed by atoms with Gasteiger partial charge < -0.3 is 9.80 Å². The summed E-state index contributed by atoms with van der Waals surface area (Å²) < 4.78 is 0. The maximum atomic E-state index is 13.4. The van der Waals surface area contributed by atoms with Crippen LogP contribution >= 0.6 is 0 Å². The predicted octanol–water partition coefficient (Wildman–Crippen LogP) is 3.71. The van der Waals surface area contributed by atoms with Crippen LogP contribution in [0.1, 0.15) is 31.2 Å². The molecule has 0 radical (unpaired) electrons. The highest BCUT2D eigenvalue weighted by Crippen LogP contribution is 2.30. The van der Waals surface area contributed by atoms with Crippen LogP contribution in [-0.4, -0.2) is 52.3 Å². The molecule has 2 aromatic rings. The minimum Gasteiger partial charge on any atom is -0.335 e. The van der Waals surface area contributed by atoms with Crippen molar-refractivity contribution in [2.24, 2.45) is 5.92 Å². The highest BCUT2D eigenvalue weighted by Gasteiger charge is 2.40. The molecule has 1 saturated heterocycles. The first-order chi connectivity index (χ1) is 14.7. The van der Waals surface area contributed by atoms with Crippen LogP contribution < -0.4 is 0 Å². The van der Waals surface area contributed by atoms with Crippen molar-refractivity contribution >= 4 is 11.8 Å². The van der Waals surface area contributed by atoms with Crippen molar-refractivity contribution in [2.45, 2.75) is 38.1 Å². The lowest BCUT2D eigenvalue weighted by atomic mass is 9.93. The molecule has 5 heteroatoms. The average Bonchev–Trinajstić information content (AvgIpc) is 3.32. The molecule has 1 aromatic carbocycles. The first-order valence-electron chi connectivity index (χ1n) is 10.9. The number of carbonyl (C=O) groups excluding carboxylic acids is 2. The number of benzene rings is 1. The molecule has 2 fully saturated rings. The molecule has 1 unspecified atom stereocenters. The Hall–Kier alpha value is -2.95. The van der Waals surface area contributed by atoms with Gasteiger partial charge in [0.05, 0.1) is 0 Å². The first kappa shape index (κ1) is 20.3. The van der Waals surface area contributed by atoms with Crippen molar-refractivity contribution in [3.63, 3.8) is 0 Å². The summed E-state index contributed by atoms with van der Waals surface area (Å²) in [6.07, 6.45) is 9.93. The molecule has 4 rings (SSSR count). The second kappa shape index (κ2) is 9.24. The topological polar surface area (TPSA) is 53.5 Å². The van der Waals surface area contributed by atoms with E-state index in [9.17, 15) is 9.59 Å². The molecule has 156 valence electrons. The molecule has 1 aliphatic carbocycles. The summed E-state index contributed by atoms with van der Waals surface area (Å²) >= 11 is 0. The second-order valence-electron chi connectivity index (χ2n) is 8.20. The monoisotopic (exact) mass is 403 g/mol. The molecule has 1 atom stereocenters. The molecule has 1 aromatic heterocycles. The van der Waals surface area contributed by atoms with Crippen LogP contribution in [0.15, 0.2) is 61.4 Å². The van der Waals surface area contributed by atoms with E-state index in [-0.39, 0.29) is 17.7 Å². The zero-order valence-corrected chi connectivity index (χ0v) is 17.4. The molecular weight excluding hydrogens is 374 g/mol. The molecule has 0 spiro atoms. The molecule has 1 saturated carbocycles. The Bertz CT molecular complexity index is 906. The molecule has 1 aliphatic heterocycles. The van der Waals surface area contributed by atoms with E-state index in [2.05, 4.69) is 23.7 Å². The van der Waals surface area contributed by atoms with Crippen LogP contribution in [0, 0.1) is 5.92 Å². The van der Waals surface area contributed by atoms with Crippen LogP contribution in [0.5, 0.6) is 0 Å². The van der Waals surface area contributed by atoms with Crippen molar-refractivity contribution < 1.29 is 9.59 Å². The summed E-state index contributed by atoms with van der Waals surface area (Å²) in [5, 5.41) is 0. The van der Waals surface area contributed by atoms with Gasteiger partial charge in [0.15, 0.2) is 0 Å². The quantitative estimate of drug-likeness (QED) is 0.691. The second-order valence-corrected chi connectivity index (χ2v) is 8.20. The first-order valence-corrected chi connectivity index (χ1v) is 10.9. The van der Waals surface area contributed by atoms with Gasteiger partial charge in [-0.3, -0.25) is 14.6 Å². The molecule has 5 nitrogen and oxygen atoms in total. The Labute approximate surface area is 178 Å². The lowest BCUT2D eigenvalue weighted by Gasteiger charge is -2.41. The lowest BCUT2D eigenvalue weighted by Crippen LogP contribution is -2.60. The zero-order valence-electron chi connectivity index (χ0n) is 17.4. The van der Waals surface area contributed by atoms with Crippen molar-refractivity contribution in [3.05, 3.63) is 67.0 Å². The van der Waals surface area contributed by atoms with E-state index < -0.39 is 6.04 Å². The van der Waals surface area contributed by atoms with Gasteiger partial charge in [-0.1, -0.05) is 43.2 Å². The third-order valence-corrected chi connectivity index (χ3v) is 6.34. The van der Waals surface area contributed by atoms with Crippen LogP contribution in [0.2, 0.25) is 0 Å². The summed E-state index contributed by atoms with van der Waals surface area (Å²) in [6, 6.07) is 11.6. The highest BCUT2D eigenvalue weighted by atomic mass is 16.2. The third-order valence-electron chi connectivity index (χ3n) is 6.34. The minimum absolute atomic E-state index is 0.0250. The molecule has 2 heterocycles. The Morgan fingerprint density at radius 3 is 2.57 bits per heavy atom. The number of piperazine rings is 1. The van der Waals surface area contributed by atoms with Gasteiger partial charge >= 0.3 is 0 Å². The van der Waals surface area contributed by atoms with Gasteiger partial charge in [-0.05, 0) is 41.7 Å². The van der Waals surface area contributed by atoms with Crippen molar-refractivity contribution in [2.75, 3.05) is 19.6 Å². The van der Waals surface area contributed by atoms with Gasteiger partial charge in [0.1, 0.15) is 6.04 Å². The number of pyridine rings is 1. The molecule has 30 heavy (non-hydrogen) atoms. The minimum atomic E-state index is -0.463. The van der Waals surface area contributed by atoms with Gasteiger partial charge in [-0.25, -0.2) is 0 Å². The lowest BCUT2D eigenvalue weighted by molar-refractivity contribution is -0.153. The Morgan fingerprint density at radius 1 is 1.10 bits per heavy atom. The van der Waals surface area contributed by atoms with E-state index in [1.165, 1.54) is 0 Å². The van der Waals surface area contributed by atoms with E-state index >= 15 is 0 Å². The smallest absolute Gasteiger partial charge is 0.246 e. The highest BCUT2D eigenvalue weighted by molar-refractivity contribution is 5.90. The Balaban J connectivity index is 1.65. The van der Waals surface area contributed by atoms with Crippen molar-refractivity contribution in [1.29, 1.82) is 0 Å².